The van der Waals surface area contributed by atoms with E-state index in [2.05, 4.69) is 175 Å². The van der Waals surface area contributed by atoms with Crippen LogP contribution < -0.4 is 4.90 Å². The molecule has 0 aliphatic heterocycles. The van der Waals surface area contributed by atoms with E-state index < -0.39 is 0 Å². The van der Waals surface area contributed by atoms with Crippen LogP contribution in [0.4, 0.5) is 17.1 Å². The first-order valence-corrected chi connectivity index (χ1v) is 19.1. The number of hydrogen-bond acceptors (Lipinski definition) is 3. The Bertz CT molecular complexity index is 3090. The van der Waals surface area contributed by atoms with E-state index in [9.17, 15) is 0 Å². The van der Waals surface area contributed by atoms with Gasteiger partial charge in [0, 0.05) is 36.9 Å². The number of rotatable bonds is 5. The third-order valence-electron chi connectivity index (χ3n) is 10.9. The number of para-hydroxylation sites is 1. The summed E-state index contributed by atoms with van der Waals surface area (Å²) in [5.41, 5.74) is 12.7. The first-order valence-electron chi connectivity index (χ1n) is 18.3. The zero-order chi connectivity index (χ0) is 34.9. The number of nitrogens with zero attached hydrogens (tertiary/aromatic N) is 1. The number of fused-ring (bicyclic) bond motifs is 9. The molecule has 0 saturated heterocycles. The molecule has 1 aliphatic carbocycles. The Labute approximate surface area is 311 Å². The van der Waals surface area contributed by atoms with Gasteiger partial charge < -0.3 is 9.32 Å². The third kappa shape index (κ3) is 4.92. The minimum absolute atomic E-state index is 0.879. The van der Waals surface area contributed by atoms with E-state index in [0.717, 1.165) is 51.8 Å². The van der Waals surface area contributed by atoms with Gasteiger partial charge in [0.05, 0.1) is 11.1 Å². The smallest absolute Gasteiger partial charge is 0.137 e. The lowest BCUT2D eigenvalue weighted by Gasteiger charge is -2.27. The summed E-state index contributed by atoms with van der Waals surface area (Å²) in [6.07, 6.45) is 6.79. The summed E-state index contributed by atoms with van der Waals surface area (Å²) in [5.74, 6) is 0. The molecule has 0 radical (unpaired) electrons. The van der Waals surface area contributed by atoms with E-state index >= 15 is 0 Å². The second kappa shape index (κ2) is 12.1. The first kappa shape index (κ1) is 30.2. The molecule has 0 atom stereocenters. The molecular formula is C50H33NOS. The molecule has 0 spiro atoms. The van der Waals surface area contributed by atoms with Gasteiger partial charge >= 0.3 is 0 Å². The molecule has 1 aliphatic rings. The van der Waals surface area contributed by atoms with Crippen molar-refractivity contribution < 1.29 is 4.42 Å². The number of anilines is 3. The molecule has 2 heterocycles. The molecule has 2 aromatic heterocycles. The SMILES string of the molecule is C1=Cc2c(-c3cccc(N(c4cccc(-c5ccc6sc7ccccc7c6c5)c4)c4cccc5oc6ccccc6c45)c3)cc3ccccc3c2CC1. The number of aryl methyl sites for hydroxylation is 1. The molecule has 0 unspecified atom stereocenters. The van der Waals surface area contributed by atoms with Gasteiger partial charge in [0.15, 0.2) is 0 Å². The molecule has 0 bridgehead atoms. The highest BCUT2D eigenvalue weighted by molar-refractivity contribution is 7.25. The van der Waals surface area contributed by atoms with Gasteiger partial charge in [-0.15, -0.1) is 11.3 Å². The average Bonchev–Trinajstić information content (AvgIpc) is 3.79. The van der Waals surface area contributed by atoms with Gasteiger partial charge in [-0.2, -0.15) is 0 Å². The van der Waals surface area contributed by atoms with Crippen LogP contribution in [0, 0.1) is 0 Å². The van der Waals surface area contributed by atoms with Crippen molar-refractivity contribution in [2.45, 2.75) is 12.8 Å². The Hall–Kier alpha value is -6.42. The molecule has 0 fully saturated rings. The molecule has 53 heavy (non-hydrogen) atoms. The summed E-state index contributed by atoms with van der Waals surface area (Å²) in [7, 11) is 0. The molecule has 8 aromatic carbocycles. The highest BCUT2D eigenvalue weighted by atomic mass is 32.1. The van der Waals surface area contributed by atoms with E-state index in [-0.39, 0.29) is 0 Å². The second-order valence-corrected chi connectivity index (χ2v) is 15.1. The second-order valence-electron chi connectivity index (χ2n) is 14.0. The van der Waals surface area contributed by atoms with Crippen LogP contribution in [-0.4, -0.2) is 0 Å². The van der Waals surface area contributed by atoms with Crippen LogP contribution in [0.5, 0.6) is 0 Å². The summed E-state index contributed by atoms with van der Waals surface area (Å²) in [5, 5.41) is 7.48. The van der Waals surface area contributed by atoms with E-state index in [1.165, 1.54) is 64.3 Å². The van der Waals surface area contributed by atoms with Crippen molar-refractivity contribution in [2.24, 2.45) is 0 Å². The van der Waals surface area contributed by atoms with Crippen LogP contribution in [0.3, 0.4) is 0 Å². The number of thiophene rings is 1. The van der Waals surface area contributed by atoms with Crippen LogP contribution in [0.2, 0.25) is 0 Å². The van der Waals surface area contributed by atoms with E-state index in [0.29, 0.717) is 0 Å². The maximum Gasteiger partial charge on any atom is 0.137 e. The van der Waals surface area contributed by atoms with Gasteiger partial charge in [-0.25, -0.2) is 0 Å². The number of benzene rings is 8. The van der Waals surface area contributed by atoms with Crippen molar-refractivity contribution in [3.8, 4) is 22.3 Å². The van der Waals surface area contributed by atoms with Gasteiger partial charge in [-0.3, -0.25) is 0 Å². The largest absolute Gasteiger partial charge is 0.456 e. The molecule has 0 N–H and O–H groups in total. The van der Waals surface area contributed by atoms with E-state index in [1.54, 1.807) is 0 Å². The van der Waals surface area contributed by atoms with Crippen LogP contribution in [-0.2, 0) is 6.42 Å². The summed E-state index contributed by atoms with van der Waals surface area (Å²) in [6, 6.07) is 59.7. The van der Waals surface area contributed by atoms with Gasteiger partial charge in [-0.1, -0.05) is 109 Å². The minimum atomic E-state index is 0.879. The zero-order valence-electron chi connectivity index (χ0n) is 28.9. The fraction of sp³-hybridized carbons (Fsp3) is 0.0400. The van der Waals surface area contributed by atoms with E-state index in [4.69, 9.17) is 4.42 Å². The van der Waals surface area contributed by atoms with Crippen molar-refractivity contribution >= 4 is 87.4 Å². The predicted octanol–water partition coefficient (Wildman–Crippen LogP) is 14.9. The summed E-state index contributed by atoms with van der Waals surface area (Å²) in [4.78, 5) is 2.42. The lowest BCUT2D eigenvalue weighted by Crippen LogP contribution is -2.10. The topological polar surface area (TPSA) is 16.4 Å². The Morgan fingerprint density at radius 1 is 0.509 bits per heavy atom. The maximum atomic E-state index is 6.44. The maximum absolute atomic E-state index is 6.44. The van der Waals surface area contributed by atoms with Crippen LogP contribution in [0.25, 0.3) is 81.2 Å². The van der Waals surface area contributed by atoms with E-state index in [1.807, 2.05) is 17.4 Å². The molecular weight excluding hydrogens is 663 g/mol. The van der Waals surface area contributed by atoms with Gasteiger partial charge in [0.1, 0.15) is 11.2 Å². The standard InChI is InChI=1S/C50H33NOS/c1-2-17-38-35(12-1)31-43(40-19-4-3-18-39(38)40)34-14-10-16-37(29-34)51(45-22-11-24-47-50(45)42-21-5-7-23-46(42)52-47)36-15-9-13-32(28-36)33-26-27-49-44(30-33)41-20-6-8-25-48(41)53-49/h1-2,4-17,19-31H,3,18H2. The lowest BCUT2D eigenvalue weighted by atomic mass is 9.86. The first-order chi connectivity index (χ1) is 26.3. The fourth-order valence-electron chi connectivity index (χ4n) is 8.48. The zero-order valence-corrected chi connectivity index (χ0v) is 29.7. The normalized spacial score (nSPS) is 12.7. The summed E-state index contributed by atoms with van der Waals surface area (Å²) in [6.45, 7) is 0. The van der Waals surface area contributed by atoms with Crippen molar-refractivity contribution in [3.63, 3.8) is 0 Å². The molecule has 250 valence electrons. The third-order valence-corrected chi connectivity index (χ3v) is 12.0. The Morgan fingerprint density at radius 3 is 2.11 bits per heavy atom. The minimum Gasteiger partial charge on any atom is -0.456 e. The van der Waals surface area contributed by atoms with Crippen LogP contribution in [0.15, 0.2) is 174 Å². The van der Waals surface area contributed by atoms with Crippen molar-refractivity contribution in [1.29, 1.82) is 0 Å². The molecule has 3 heteroatoms. The van der Waals surface area contributed by atoms with Gasteiger partial charge in [0.25, 0.3) is 0 Å². The number of furan rings is 1. The molecule has 0 saturated carbocycles. The monoisotopic (exact) mass is 695 g/mol. The van der Waals surface area contributed by atoms with Crippen LogP contribution in [0.1, 0.15) is 17.5 Å². The molecule has 10 aromatic rings. The Kier molecular flexibility index (Phi) is 6.89. The number of allylic oxidation sites excluding steroid dienone is 1. The Morgan fingerprint density at radius 2 is 1.21 bits per heavy atom. The lowest BCUT2D eigenvalue weighted by molar-refractivity contribution is 0.669. The fourth-order valence-corrected chi connectivity index (χ4v) is 9.56. The highest BCUT2D eigenvalue weighted by Crippen LogP contribution is 2.46. The summed E-state index contributed by atoms with van der Waals surface area (Å²) < 4.78 is 9.08. The average molecular weight is 696 g/mol. The predicted molar refractivity (Wildman–Crippen MR) is 227 cm³/mol. The number of hydrogen-bond donors (Lipinski definition) is 0. The molecule has 11 rings (SSSR count). The van der Waals surface area contributed by atoms with Gasteiger partial charge in [0.2, 0.25) is 0 Å². The van der Waals surface area contributed by atoms with Crippen molar-refractivity contribution in [2.75, 3.05) is 4.90 Å². The quantitative estimate of drug-likeness (QED) is 0.178. The molecule has 2 nitrogen and oxygen atoms in total. The van der Waals surface area contributed by atoms with Crippen molar-refractivity contribution in [1.82, 2.24) is 0 Å². The Balaban J connectivity index is 1.13. The highest BCUT2D eigenvalue weighted by Gasteiger charge is 2.22. The summed E-state index contributed by atoms with van der Waals surface area (Å²) >= 11 is 1.86. The van der Waals surface area contributed by atoms with Crippen molar-refractivity contribution in [3.05, 3.63) is 181 Å². The molecule has 0 amide bonds. The van der Waals surface area contributed by atoms with Gasteiger partial charge in [-0.05, 0) is 124 Å². The van der Waals surface area contributed by atoms with Crippen LogP contribution >= 0.6 is 11.3 Å².